The molecule has 1 fully saturated rings. The summed E-state index contributed by atoms with van der Waals surface area (Å²) in [5.74, 6) is 1.09. The van der Waals surface area contributed by atoms with E-state index < -0.39 is 0 Å². The number of aromatic nitrogens is 2. The third-order valence-electron chi connectivity index (χ3n) is 4.02. The van der Waals surface area contributed by atoms with Crippen molar-refractivity contribution in [2.75, 3.05) is 33.4 Å². The quantitative estimate of drug-likeness (QED) is 0.775. The lowest BCUT2D eigenvalue weighted by Gasteiger charge is -2.35. The van der Waals surface area contributed by atoms with Gasteiger partial charge in [-0.15, -0.1) is 0 Å². The standard InChI is InChI=1S/C14H24N4O2/c1-18-10-9-16-12(18)3-6-17-13(19)14(11-20-2)4-7-15-8-5-14/h9-10,15H,3-8,11H2,1-2H3,(H,17,19). The van der Waals surface area contributed by atoms with E-state index in [1.54, 1.807) is 13.3 Å². The average molecular weight is 280 g/mol. The van der Waals surface area contributed by atoms with Crippen molar-refractivity contribution in [3.8, 4) is 0 Å². The molecule has 1 aliphatic heterocycles. The van der Waals surface area contributed by atoms with Crippen LogP contribution >= 0.6 is 0 Å². The molecule has 112 valence electrons. The number of rotatable bonds is 6. The van der Waals surface area contributed by atoms with Crippen LogP contribution in [0.5, 0.6) is 0 Å². The number of carbonyl (C=O) groups excluding carboxylic acids is 1. The van der Waals surface area contributed by atoms with Crippen molar-refractivity contribution in [3.63, 3.8) is 0 Å². The summed E-state index contributed by atoms with van der Waals surface area (Å²) in [5, 5.41) is 6.33. The second kappa shape index (κ2) is 6.85. The van der Waals surface area contributed by atoms with E-state index in [1.807, 2.05) is 17.8 Å². The van der Waals surface area contributed by atoms with Gasteiger partial charge in [0.15, 0.2) is 0 Å². The van der Waals surface area contributed by atoms with Crippen molar-refractivity contribution in [2.24, 2.45) is 12.5 Å². The zero-order chi connectivity index (χ0) is 14.4. The van der Waals surface area contributed by atoms with Gasteiger partial charge in [0.1, 0.15) is 5.82 Å². The number of nitrogens with one attached hydrogen (secondary N) is 2. The van der Waals surface area contributed by atoms with Crippen molar-refractivity contribution in [1.29, 1.82) is 0 Å². The predicted octanol–water partition coefficient (Wildman–Crippen LogP) is 0.0950. The number of nitrogens with zero attached hydrogens (tertiary/aromatic N) is 2. The van der Waals surface area contributed by atoms with Crippen molar-refractivity contribution < 1.29 is 9.53 Å². The highest BCUT2D eigenvalue weighted by Crippen LogP contribution is 2.29. The number of methoxy groups -OCH3 is 1. The SMILES string of the molecule is COCC1(C(=O)NCCc2nccn2C)CCNCC1. The van der Waals surface area contributed by atoms with Gasteiger partial charge in [-0.3, -0.25) is 4.79 Å². The summed E-state index contributed by atoms with van der Waals surface area (Å²) in [7, 11) is 3.62. The molecule has 1 saturated heterocycles. The van der Waals surface area contributed by atoms with E-state index >= 15 is 0 Å². The minimum atomic E-state index is -0.373. The molecule has 0 bridgehead atoms. The first kappa shape index (κ1) is 15.0. The van der Waals surface area contributed by atoms with Gasteiger partial charge in [0.25, 0.3) is 0 Å². The van der Waals surface area contributed by atoms with Gasteiger partial charge in [-0.1, -0.05) is 0 Å². The smallest absolute Gasteiger partial charge is 0.228 e. The molecule has 6 heteroatoms. The first-order valence-electron chi connectivity index (χ1n) is 7.12. The molecule has 0 saturated carbocycles. The van der Waals surface area contributed by atoms with Gasteiger partial charge < -0.3 is 19.9 Å². The topological polar surface area (TPSA) is 68.2 Å². The van der Waals surface area contributed by atoms with Crippen LogP contribution in [0.2, 0.25) is 0 Å². The second-order valence-corrected chi connectivity index (χ2v) is 5.42. The van der Waals surface area contributed by atoms with Crippen molar-refractivity contribution in [3.05, 3.63) is 18.2 Å². The third kappa shape index (κ3) is 3.37. The fourth-order valence-electron chi connectivity index (χ4n) is 2.73. The van der Waals surface area contributed by atoms with Crippen LogP contribution in [-0.4, -0.2) is 48.8 Å². The number of carbonyl (C=O) groups is 1. The van der Waals surface area contributed by atoms with E-state index in [4.69, 9.17) is 4.74 Å². The highest BCUT2D eigenvalue weighted by Gasteiger charge is 2.39. The second-order valence-electron chi connectivity index (χ2n) is 5.42. The Morgan fingerprint density at radius 3 is 2.90 bits per heavy atom. The van der Waals surface area contributed by atoms with Gasteiger partial charge in [-0.25, -0.2) is 4.98 Å². The molecule has 0 unspecified atom stereocenters. The third-order valence-corrected chi connectivity index (χ3v) is 4.02. The van der Waals surface area contributed by atoms with Gasteiger partial charge in [-0.2, -0.15) is 0 Å². The molecule has 1 aliphatic rings. The first-order chi connectivity index (χ1) is 9.68. The predicted molar refractivity (Wildman–Crippen MR) is 76.3 cm³/mol. The fraction of sp³-hybridized carbons (Fsp3) is 0.714. The van der Waals surface area contributed by atoms with Crippen molar-refractivity contribution in [1.82, 2.24) is 20.2 Å². The van der Waals surface area contributed by atoms with E-state index in [-0.39, 0.29) is 11.3 Å². The van der Waals surface area contributed by atoms with E-state index in [9.17, 15) is 4.79 Å². The number of piperidine rings is 1. The van der Waals surface area contributed by atoms with E-state index in [0.29, 0.717) is 13.2 Å². The number of aryl methyl sites for hydroxylation is 1. The Balaban J connectivity index is 1.87. The molecule has 0 aromatic carbocycles. The van der Waals surface area contributed by atoms with Crippen molar-refractivity contribution in [2.45, 2.75) is 19.3 Å². The lowest BCUT2D eigenvalue weighted by molar-refractivity contribution is -0.136. The summed E-state index contributed by atoms with van der Waals surface area (Å²) in [6, 6.07) is 0. The summed E-state index contributed by atoms with van der Waals surface area (Å²) < 4.78 is 7.25. The molecule has 0 atom stereocenters. The Hall–Kier alpha value is -1.40. The van der Waals surface area contributed by atoms with Gasteiger partial charge >= 0.3 is 0 Å². The summed E-state index contributed by atoms with van der Waals surface area (Å²) in [5.41, 5.74) is -0.373. The Morgan fingerprint density at radius 2 is 2.30 bits per heavy atom. The number of hydrogen-bond donors (Lipinski definition) is 2. The van der Waals surface area contributed by atoms with Crippen molar-refractivity contribution >= 4 is 5.91 Å². The Labute approximate surface area is 119 Å². The van der Waals surface area contributed by atoms with E-state index in [1.165, 1.54) is 0 Å². The van der Waals surface area contributed by atoms with Gasteiger partial charge in [0.2, 0.25) is 5.91 Å². The molecule has 20 heavy (non-hydrogen) atoms. The largest absolute Gasteiger partial charge is 0.384 e. The number of hydrogen-bond acceptors (Lipinski definition) is 4. The number of imidazole rings is 1. The van der Waals surface area contributed by atoms with Crippen LogP contribution in [0.25, 0.3) is 0 Å². The minimum absolute atomic E-state index is 0.107. The summed E-state index contributed by atoms with van der Waals surface area (Å²) in [6.45, 7) is 2.85. The van der Waals surface area contributed by atoms with Crippen LogP contribution in [0.1, 0.15) is 18.7 Å². The lowest BCUT2D eigenvalue weighted by Crippen LogP contribution is -2.50. The van der Waals surface area contributed by atoms with Crippen LogP contribution in [0.15, 0.2) is 12.4 Å². The molecule has 2 N–H and O–H groups in total. The molecule has 0 spiro atoms. The Bertz CT molecular complexity index is 433. The number of amides is 1. The maximum absolute atomic E-state index is 12.5. The van der Waals surface area contributed by atoms with Gasteiger partial charge in [-0.05, 0) is 25.9 Å². The monoisotopic (exact) mass is 280 g/mol. The molecule has 0 aliphatic carbocycles. The normalized spacial score (nSPS) is 17.9. The molecule has 0 radical (unpaired) electrons. The molecular weight excluding hydrogens is 256 g/mol. The van der Waals surface area contributed by atoms with Crippen LogP contribution in [0.4, 0.5) is 0 Å². The highest BCUT2D eigenvalue weighted by molar-refractivity contribution is 5.83. The average Bonchev–Trinajstić information content (AvgIpc) is 2.86. The van der Waals surface area contributed by atoms with E-state index in [2.05, 4.69) is 15.6 Å². The minimum Gasteiger partial charge on any atom is -0.384 e. The zero-order valence-corrected chi connectivity index (χ0v) is 12.3. The van der Waals surface area contributed by atoms with Crippen LogP contribution < -0.4 is 10.6 Å². The number of ether oxygens (including phenoxy) is 1. The van der Waals surface area contributed by atoms with Crippen LogP contribution in [0.3, 0.4) is 0 Å². The Kier molecular flexibility index (Phi) is 5.14. The molecule has 2 heterocycles. The fourth-order valence-corrected chi connectivity index (χ4v) is 2.73. The molecule has 1 aromatic heterocycles. The highest BCUT2D eigenvalue weighted by atomic mass is 16.5. The maximum atomic E-state index is 12.5. The Morgan fingerprint density at radius 1 is 1.55 bits per heavy atom. The molecule has 6 nitrogen and oxygen atoms in total. The van der Waals surface area contributed by atoms with Gasteiger partial charge in [0, 0.05) is 39.5 Å². The van der Waals surface area contributed by atoms with Gasteiger partial charge in [0.05, 0.1) is 12.0 Å². The molecule has 2 rings (SSSR count). The summed E-state index contributed by atoms with van der Waals surface area (Å²) in [6.07, 6.45) is 6.09. The summed E-state index contributed by atoms with van der Waals surface area (Å²) >= 11 is 0. The van der Waals surface area contributed by atoms with E-state index in [0.717, 1.165) is 38.2 Å². The first-order valence-corrected chi connectivity index (χ1v) is 7.12. The van der Waals surface area contributed by atoms with Crippen LogP contribution in [-0.2, 0) is 23.0 Å². The summed E-state index contributed by atoms with van der Waals surface area (Å²) in [4.78, 5) is 16.7. The molecule has 1 aromatic rings. The van der Waals surface area contributed by atoms with Crippen LogP contribution in [0, 0.1) is 5.41 Å². The molecule has 1 amide bonds. The molecular formula is C14H24N4O2. The maximum Gasteiger partial charge on any atom is 0.228 e. The lowest BCUT2D eigenvalue weighted by atomic mass is 9.78. The zero-order valence-electron chi connectivity index (χ0n) is 12.3.